The highest BCUT2D eigenvalue weighted by atomic mass is 16.2. The Morgan fingerprint density at radius 2 is 1.86 bits per heavy atom. The van der Waals surface area contributed by atoms with E-state index < -0.39 is 6.04 Å². The van der Waals surface area contributed by atoms with Crippen molar-refractivity contribution in [2.45, 2.75) is 32.5 Å². The molecule has 0 saturated heterocycles. The van der Waals surface area contributed by atoms with Gasteiger partial charge in [0.2, 0.25) is 5.91 Å². The van der Waals surface area contributed by atoms with E-state index in [-0.39, 0.29) is 5.91 Å². The van der Waals surface area contributed by atoms with Crippen molar-refractivity contribution in [3.05, 3.63) is 101 Å². The molecule has 1 aliphatic heterocycles. The summed E-state index contributed by atoms with van der Waals surface area (Å²) in [4.78, 5) is 20.0. The molecule has 1 aliphatic rings. The summed E-state index contributed by atoms with van der Waals surface area (Å²) >= 11 is 0. The molecular formula is C28H28N8O. The smallest absolute Gasteiger partial charge is 0.247 e. The van der Waals surface area contributed by atoms with Crippen LogP contribution in [-0.2, 0) is 24.3 Å². The third-order valence-electron chi connectivity index (χ3n) is 6.54. The van der Waals surface area contributed by atoms with Gasteiger partial charge in [0.25, 0.3) is 0 Å². The van der Waals surface area contributed by atoms with Gasteiger partial charge in [-0.2, -0.15) is 5.26 Å². The van der Waals surface area contributed by atoms with Crippen LogP contribution in [0.5, 0.6) is 0 Å². The van der Waals surface area contributed by atoms with Gasteiger partial charge in [-0.1, -0.05) is 42.5 Å². The average Bonchev–Trinajstić information content (AvgIpc) is 3.32. The number of anilines is 2. The predicted molar refractivity (Wildman–Crippen MR) is 141 cm³/mol. The highest BCUT2D eigenvalue weighted by Crippen LogP contribution is 2.22. The maximum atomic E-state index is 13.3. The van der Waals surface area contributed by atoms with E-state index in [2.05, 4.69) is 41.4 Å². The van der Waals surface area contributed by atoms with Gasteiger partial charge in [0.1, 0.15) is 17.7 Å². The van der Waals surface area contributed by atoms with E-state index in [0.29, 0.717) is 24.5 Å². The minimum atomic E-state index is -0.530. The summed E-state index contributed by atoms with van der Waals surface area (Å²) in [5.41, 5.74) is 3.59. The summed E-state index contributed by atoms with van der Waals surface area (Å²) in [6.45, 7) is 4.92. The predicted octanol–water partition coefficient (Wildman–Crippen LogP) is 3.39. The lowest BCUT2D eigenvalue weighted by atomic mass is 10.1. The minimum Gasteiger partial charge on any atom is -0.361 e. The standard InChI is InChI=1S/C28H28N8O/c1-20-33-34-26-19-35(15-16-36(20)26)24-11-12-25(31-18-24)32-28(37)27(23-5-3-2-4-6-23)30-14-13-21-7-9-22(17-29)10-8-21/h2-12,18,27,30H,13-16,19H2,1H3,(H,31,32,37)/t27-/m1/s1. The number of benzene rings is 2. The number of hydrogen-bond donors (Lipinski definition) is 2. The number of amides is 1. The van der Waals surface area contributed by atoms with Gasteiger partial charge in [-0.15, -0.1) is 10.2 Å². The first-order chi connectivity index (χ1) is 18.1. The van der Waals surface area contributed by atoms with Gasteiger partial charge in [-0.3, -0.25) is 4.79 Å². The van der Waals surface area contributed by atoms with Gasteiger partial charge in [-0.25, -0.2) is 4.98 Å². The normalized spacial score (nSPS) is 13.5. The molecule has 1 atom stereocenters. The van der Waals surface area contributed by atoms with Gasteiger partial charge in [0, 0.05) is 19.6 Å². The average molecular weight is 493 g/mol. The van der Waals surface area contributed by atoms with Crippen molar-refractivity contribution >= 4 is 17.4 Å². The molecule has 2 aromatic carbocycles. The number of nitrogens with zero attached hydrogens (tertiary/aromatic N) is 6. The molecule has 2 N–H and O–H groups in total. The van der Waals surface area contributed by atoms with E-state index in [4.69, 9.17) is 5.26 Å². The molecule has 186 valence electrons. The number of carbonyl (C=O) groups is 1. The number of pyridine rings is 1. The molecule has 0 radical (unpaired) electrons. The number of nitrogens with one attached hydrogen (secondary N) is 2. The molecule has 0 unspecified atom stereocenters. The van der Waals surface area contributed by atoms with Gasteiger partial charge < -0.3 is 20.1 Å². The van der Waals surface area contributed by atoms with Crippen molar-refractivity contribution in [3.8, 4) is 6.07 Å². The zero-order valence-electron chi connectivity index (χ0n) is 20.6. The SMILES string of the molecule is Cc1nnc2n1CCN(c1ccc(NC(=O)[C@H](NCCc3ccc(C#N)cc3)c3ccccc3)nc1)C2. The Hall–Kier alpha value is -4.55. The summed E-state index contributed by atoms with van der Waals surface area (Å²) in [6, 6.07) is 22.5. The second kappa shape index (κ2) is 11.0. The third-order valence-corrected chi connectivity index (χ3v) is 6.54. The van der Waals surface area contributed by atoms with Crippen LogP contribution in [0, 0.1) is 18.3 Å². The molecule has 2 aromatic heterocycles. The van der Waals surface area contributed by atoms with E-state index in [1.807, 2.05) is 73.7 Å². The zero-order valence-corrected chi connectivity index (χ0v) is 20.6. The molecule has 0 spiro atoms. The Morgan fingerprint density at radius 1 is 1.05 bits per heavy atom. The van der Waals surface area contributed by atoms with E-state index in [1.165, 1.54) is 0 Å². The van der Waals surface area contributed by atoms with Crippen LogP contribution < -0.4 is 15.5 Å². The van der Waals surface area contributed by atoms with Gasteiger partial charge in [-0.05, 0) is 48.7 Å². The van der Waals surface area contributed by atoms with Crippen molar-refractivity contribution in [2.24, 2.45) is 0 Å². The van der Waals surface area contributed by atoms with Gasteiger partial charge in [0.15, 0.2) is 5.82 Å². The molecule has 5 rings (SSSR count). The fourth-order valence-corrected chi connectivity index (χ4v) is 4.48. The summed E-state index contributed by atoms with van der Waals surface area (Å²) < 4.78 is 2.14. The fourth-order valence-electron chi connectivity index (χ4n) is 4.48. The molecule has 9 nitrogen and oxygen atoms in total. The highest BCUT2D eigenvalue weighted by Gasteiger charge is 2.22. The Bertz CT molecular complexity index is 1390. The Kier molecular flexibility index (Phi) is 7.19. The number of carbonyl (C=O) groups excluding carboxylic acids is 1. The lowest BCUT2D eigenvalue weighted by molar-refractivity contribution is -0.118. The largest absolute Gasteiger partial charge is 0.361 e. The van der Waals surface area contributed by atoms with Crippen LogP contribution in [0.2, 0.25) is 0 Å². The maximum absolute atomic E-state index is 13.3. The maximum Gasteiger partial charge on any atom is 0.247 e. The first-order valence-corrected chi connectivity index (χ1v) is 12.3. The van der Waals surface area contributed by atoms with Crippen LogP contribution in [0.15, 0.2) is 72.9 Å². The van der Waals surface area contributed by atoms with Crippen LogP contribution in [-0.4, -0.2) is 38.7 Å². The van der Waals surface area contributed by atoms with Gasteiger partial charge >= 0.3 is 0 Å². The zero-order chi connectivity index (χ0) is 25.6. The molecule has 4 aromatic rings. The van der Waals surface area contributed by atoms with E-state index in [1.54, 1.807) is 6.20 Å². The molecule has 9 heteroatoms. The summed E-state index contributed by atoms with van der Waals surface area (Å²) in [7, 11) is 0. The van der Waals surface area contributed by atoms with Crippen LogP contribution >= 0.6 is 0 Å². The number of hydrogen-bond acceptors (Lipinski definition) is 7. The lowest BCUT2D eigenvalue weighted by Crippen LogP contribution is -2.35. The summed E-state index contributed by atoms with van der Waals surface area (Å²) in [5, 5.41) is 23.8. The molecular weight excluding hydrogens is 464 g/mol. The lowest BCUT2D eigenvalue weighted by Gasteiger charge is -2.29. The quantitative estimate of drug-likeness (QED) is 0.388. The Morgan fingerprint density at radius 3 is 2.59 bits per heavy atom. The fraction of sp³-hybridized carbons (Fsp3) is 0.250. The topological polar surface area (TPSA) is 112 Å². The molecule has 37 heavy (non-hydrogen) atoms. The third kappa shape index (κ3) is 5.66. The minimum absolute atomic E-state index is 0.173. The van der Waals surface area contributed by atoms with Crippen LogP contribution in [0.1, 0.15) is 34.4 Å². The Labute approximate surface area is 215 Å². The van der Waals surface area contributed by atoms with Crippen molar-refractivity contribution in [1.82, 2.24) is 25.1 Å². The summed E-state index contributed by atoms with van der Waals surface area (Å²) in [6.07, 6.45) is 2.52. The van der Waals surface area contributed by atoms with Crippen LogP contribution in [0.4, 0.5) is 11.5 Å². The first kappa shape index (κ1) is 24.2. The second-order valence-corrected chi connectivity index (χ2v) is 8.98. The van der Waals surface area contributed by atoms with Crippen molar-refractivity contribution in [3.63, 3.8) is 0 Å². The molecule has 0 bridgehead atoms. The number of fused-ring (bicyclic) bond motifs is 1. The highest BCUT2D eigenvalue weighted by molar-refractivity contribution is 5.94. The first-order valence-electron chi connectivity index (χ1n) is 12.3. The molecule has 0 saturated carbocycles. The molecule has 3 heterocycles. The number of aryl methyl sites for hydroxylation is 1. The van der Waals surface area contributed by atoms with Crippen molar-refractivity contribution in [1.29, 1.82) is 5.26 Å². The number of rotatable bonds is 8. The van der Waals surface area contributed by atoms with Crippen molar-refractivity contribution < 1.29 is 4.79 Å². The second-order valence-electron chi connectivity index (χ2n) is 8.98. The van der Waals surface area contributed by atoms with E-state index in [0.717, 1.165) is 48.0 Å². The van der Waals surface area contributed by atoms with Crippen LogP contribution in [0.25, 0.3) is 0 Å². The Balaban J connectivity index is 1.22. The van der Waals surface area contributed by atoms with Crippen molar-refractivity contribution in [2.75, 3.05) is 23.3 Å². The number of nitriles is 1. The van der Waals surface area contributed by atoms with Gasteiger partial charge in [0.05, 0.1) is 30.1 Å². The molecule has 0 aliphatic carbocycles. The monoisotopic (exact) mass is 492 g/mol. The van der Waals surface area contributed by atoms with E-state index >= 15 is 0 Å². The van der Waals surface area contributed by atoms with Crippen LogP contribution in [0.3, 0.4) is 0 Å². The molecule has 1 amide bonds. The number of aromatic nitrogens is 4. The summed E-state index contributed by atoms with van der Waals surface area (Å²) in [5.74, 6) is 2.20. The molecule has 0 fully saturated rings. The van der Waals surface area contributed by atoms with E-state index in [9.17, 15) is 4.79 Å².